The molecule has 0 saturated heterocycles. The monoisotopic (exact) mass is 566 g/mol. The van der Waals surface area contributed by atoms with E-state index >= 15 is 0 Å². The molecule has 1 heterocycles. The molecule has 0 aromatic heterocycles. The Labute approximate surface area is 193 Å². The van der Waals surface area contributed by atoms with E-state index in [1.807, 2.05) is 54.6 Å². The van der Waals surface area contributed by atoms with Crippen LogP contribution in [0.25, 0.3) is 0 Å². The zero-order valence-electron chi connectivity index (χ0n) is 17.0. The summed E-state index contributed by atoms with van der Waals surface area (Å²) in [6, 6.07) is 18.2. The Morgan fingerprint density at radius 1 is 1.14 bits per heavy atom. The summed E-state index contributed by atoms with van der Waals surface area (Å²) in [4.78, 5) is 9.77. The Morgan fingerprint density at radius 2 is 1.76 bits per heavy atom. The fourth-order valence-corrected chi connectivity index (χ4v) is 2.80. The average molecular weight is 569 g/mol. The molecule has 1 aliphatic heterocycles. The molecule has 2 aromatic carbocycles. The van der Waals surface area contributed by atoms with Gasteiger partial charge in [0.05, 0.1) is 18.3 Å². The van der Waals surface area contributed by atoms with Gasteiger partial charge in [0.15, 0.2) is 0 Å². The summed E-state index contributed by atoms with van der Waals surface area (Å²) >= 11 is 6.00. The Balaban J connectivity index is 0.000000941. The van der Waals surface area contributed by atoms with Crippen molar-refractivity contribution in [1.82, 2.24) is 0 Å². The summed E-state index contributed by atoms with van der Waals surface area (Å²) in [6.07, 6.45) is 0. The van der Waals surface area contributed by atoms with Crippen LogP contribution in [0.15, 0.2) is 64.6 Å². The van der Waals surface area contributed by atoms with Crippen LogP contribution in [0, 0.1) is 5.41 Å². The SMILES string of the molecule is COCc1ccccc1N=C(C1=N[C@@H](C(C)(C)C)CO1)c1ccccc1.[Br][Ni][Br]. The average Bonchev–Trinajstić information content (AvgIpc) is 3.19. The molecule has 4 nitrogen and oxygen atoms in total. The van der Waals surface area contributed by atoms with Crippen LogP contribution < -0.4 is 0 Å². The number of hydrogen-bond acceptors (Lipinski definition) is 4. The molecule has 0 spiro atoms. The second-order valence-corrected chi connectivity index (χ2v) is 12.5. The van der Waals surface area contributed by atoms with E-state index in [0.717, 1.165) is 22.5 Å². The van der Waals surface area contributed by atoms with Crippen LogP contribution in [0.4, 0.5) is 5.69 Å². The normalized spacial score (nSPS) is 16.7. The summed E-state index contributed by atoms with van der Waals surface area (Å²) in [5.41, 5.74) is 3.72. The van der Waals surface area contributed by atoms with Gasteiger partial charge in [-0.1, -0.05) is 69.3 Å². The van der Waals surface area contributed by atoms with Crippen molar-refractivity contribution in [2.75, 3.05) is 13.7 Å². The minimum absolute atomic E-state index is 0.0531. The maximum atomic E-state index is 5.97. The van der Waals surface area contributed by atoms with Crippen molar-refractivity contribution >= 4 is 45.7 Å². The molecule has 7 heteroatoms. The molecule has 160 valence electrons. The number of rotatable bonds is 5. The van der Waals surface area contributed by atoms with Gasteiger partial charge in [0.1, 0.15) is 12.3 Å². The van der Waals surface area contributed by atoms with E-state index in [4.69, 9.17) is 19.5 Å². The first-order valence-corrected chi connectivity index (χ1v) is 14.0. The van der Waals surface area contributed by atoms with E-state index in [9.17, 15) is 0 Å². The molecular formula is C22H26Br2N2NiO2. The predicted molar refractivity (Wildman–Crippen MR) is 124 cm³/mol. The van der Waals surface area contributed by atoms with Gasteiger partial charge in [-0.25, -0.2) is 9.98 Å². The van der Waals surface area contributed by atoms with Crippen molar-refractivity contribution in [3.05, 3.63) is 65.7 Å². The first-order chi connectivity index (χ1) is 13.9. The first-order valence-electron chi connectivity index (χ1n) is 9.15. The topological polar surface area (TPSA) is 43.2 Å². The summed E-state index contributed by atoms with van der Waals surface area (Å²) in [6.45, 7) is 7.65. The quantitative estimate of drug-likeness (QED) is 0.306. The Morgan fingerprint density at radius 3 is 2.34 bits per heavy atom. The zero-order chi connectivity index (χ0) is 21.3. The summed E-state index contributed by atoms with van der Waals surface area (Å²) in [5, 5.41) is 0. The van der Waals surface area contributed by atoms with E-state index in [1.54, 1.807) is 7.11 Å². The summed E-state index contributed by atoms with van der Waals surface area (Å²) in [5.74, 6) is 0.614. The Kier molecular flexibility index (Phi) is 10.0. The fourth-order valence-electron chi connectivity index (χ4n) is 2.80. The molecule has 29 heavy (non-hydrogen) atoms. The van der Waals surface area contributed by atoms with E-state index in [-0.39, 0.29) is 11.5 Å². The number of para-hydroxylation sites is 1. The van der Waals surface area contributed by atoms with Gasteiger partial charge in [0, 0.05) is 18.2 Å². The molecule has 0 fully saturated rings. The second-order valence-electron chi connectivity index (χ2n) is 7.56. The van der Waals surface area contributed by atoms with Crippen LogP contribution >= 0.6 is 28.5 Å². The van der Waals surface area contributed by atoms with Crippen LogP contribution in [-0.2, 0) is 27.0 Å². The number of benzene rings is 2. The van der Waals surface area contributed by atoms with Crippen LogP contribution in [0.3, 0.4) is 0 Å². The molecule has 1 atom stereocenters. The number of aliphatic imine (C=N–C) groups is 2. The van der Waals surface area contributed by atoms with E-state index < -0.39 is 0 Å². The standard InChI is InChI=1S/C22H26N2O2.2BrH.Ni/c1-22(2,3)19-15-26-21(24-19)20(16-10-6-5-7-11-16)23-18-13-9-8-12-17(18)14-25-4;;;/h5-13,19H,14-15H2,1-4H3;2*1H;/q;;;+2/p-2/t19-;;;/m1.../s1. The maximum absolute atomic E-state index is 5.97. The molecule has 0 saturated carbocycles. The first kappa shape index (κ1) is 24.3. The third kappa shape index (κ3) is 7.32. The van der Waals surface area contributed by atoms with Crippen LogP contribution in [0.5, 0.6) is 0 Å². The predicted octanol–water partition coefficient (Wildman–Crippen LogP) is 6.49. The molecule has 0 aliphatic carbocycles. The summed E-state index contributed by atoms with van der Waals surface area (Å²) < 4.78 is 11.3. The van der Waals surface area contributed by atoms with Gasteiger partial charge in [0.25, 0.3) is 0 Å². The van der Waals surface area contributed by atoms with Gasteiger partial charge in [-0.3, -0.25) is 0 Å². The molecular weight excluding hydrogens is 543 g/mol. The third-order valence-electron chi connectivity index (χ3n) is 4.42. The minimum atomic E-state index is 0.0531. The Bertz CT molecular complexity index is 836. The third-order valence-corrected chi connectivity index (χ3v) is 4.42. The molecule has 1 aliphatic rings. The Hall–Kier alpha value is -1.01. The molecule has 0 bridgehead atoms. The fraction of sp³-hybridized carbons (Fsp3) is 0.364. The molecule has 0 unspecified atom stereocenters. The molecule has 2 aromatic rings. The molecule has 0 N–H and O–H groups in total. The van der Waals surface area contributed by atoms with Crippen molar-refractivity contribution < 1.29 is 20.4 Å². The van der Waals surface area contributed by atoms with Crippen LogP contribution in [-0.4, -0.2) is 31.4 Å². The number of ether oxygens (including phenoxy) is 2. The zero-order valence-corrected chi connectivity index (χ0v) is 21.1. The van der Waals surface area contributed by atoms with Gasteiger partial charge in [-0.05, 0) is 11.5 Å². The van der Waals surface area contributed by atoms with E-state index in [0.29, 0.717) is 19.1 Å². The van der Waals surface area contributed by atoms with Crippen molar-refractivity contribution in [2.24, 2.45) is 15.4 Å². The second kappa shape index (κ2) is 12.0. The van der Waals surface area contributed by atoms with E-state index in [2.05, 4.69) is 49.2 Å². The van der Waals surface area contributed by atoms with Gasteiger partial charge in [-0.2, -0.15) is 0 Å². The molecule has 3 rings (SSSR count). The van der Waals surface area contributed by atoms with Crippen LogP contribution in [0.2, 0.25) is 0 Å². The van der Waals surface area contributed by atoms with Gasteiger partial charge >= 0.3 is 39.3 Å². The van der Waals surface area contributed by atoms with Crippen molar-refractivity contribution in [3.8, 4) is 0 Å². The number of methoxy groups -OCH3 is 1. The number of hydrogen-bond donors (Lipinski definition) is 0. The number of halogens is 2. The van der Waals surface area contributed by atoms with E-state index in [1.165, 1.54) is 10.9 Å². The number of nitrogens with zero attached hydrogens (tertiary/aromatic N) is 2. The van der Waals surface area contributed by atoms with Crippen molar-refractivity contribution in [3.63, 3.8) is 0 Å². The van der Waals surface area contributed by atoms with Crippen LogP contribution in [0.1, 0.15) is 31.9 Å². The molecule has 0 radical (unpaired) electrons. The summed E-state index contributed by atoms with van der Waals surface area (Å²) in [7, 11) is 2.94. The van der Waals surface area contributed by atoms with Gasteiger partial charge in [-0.15, -0.1) is 0 Å². The van der Waals surface area contributed by atoms with Gasteiger partial charge in [0.2, 0.25) is 5.90 Å². The van der Waals surface area contributed by atoms with Gasteiger partial charge < -0.3 is 9.47 Å². The molecule has 0 amide bonds. The van der Waals surface area contributed by atoms with Crippen molar-refractivity contribution in [2.45, 2.75) is 33.4 Å². The van der Waals surface area contributed by atoms with Crippen molar-refractivity contribution in [1.29, 1.82) is 0 Å².